The molecule has 0 heterocycles. The van der Waals surface area contributed by atoms with E-state index in [1.54, 1.807) is 0 Å². The highest BCUT2D eigenvalue weighted by Gasteiger charge is 2.08. The maximum absolute atomic E-state index is 6.03. The second-order valence-electron chi connectivity index (χ2n) is 5.14. The van der Waals surface area contributed by atoms with Gasteiger partial charge in [0, 0.05) is 10.5 Å². The van der Waals surface area contributed by atoms with Crippen molar-refractivity contribution >= 4 is 31.9 Å². The molecular formula is C17H19Br2NO. The summed E-state index contributed by atoms with van der Waals surface area (Å²) < 4.78 is 7.87. The van der Waals surface area contributed by atoms with E-state index in [1.165, 1.54) is 11.1 Å². The topological polar surface area (TPSA) is 35.2 Å². The highest BCUT2D eigenvalue weighted by molar-refractivity contribution is 9.11. The van der Waals surface area contributed by atoms with Gasteiger partial charge in [0.15, 0.2) is 0 Å². The molecule has 2 nitrogen and oxygen atoms in total. The molecule has 1 unspecified atom stereocenters. The largest absolute Gasteiger partial charge is 0.456 e. The Labute approximate surface area is 143 Å². The van der Waals surface area contributed by atoms with Crippen LogP contribution in [0.2, 0.25) is 0 Å². The van der Waals surface area contributed by atoms with E-state index in [2.05, 4.69) is 57.8 Å². The van der Waals surface area contributed by atoms with Gasteiger partial charge in [0.2, 0.25) is 0 Å². The number of ether oxygens (including phenoxy) is 1. The molecule has 0 saturated heterocycles. The summed E-state index contributed by atoms with van der Waals surface area (Å²) in [5.41, 5.74) is 8.52. The summed E-state index contributed by atoms with van der Waals surface area (Å²) in [6.45, 7) is 4.21. The van der Waals surface area contributed by atoms with Crippen molar-refractivity contribution in [1.82, 2.24) is 0 Å². The zero-order chi connectivity index (χ0) is 15.4. The van der Waals surface area contributed by atoms with Gasteiger partial charge in [-0.15, -0.1) is 0 Å². The van der Waals surface area contributed by atoms with Gasteiger partial charge >= 0.3 is 0 Å². The van der Waals surface area contributed by atoms with Crippen LogP contribution in [0.4, 0.5) is 0 Å². The van der Waals surface area contributed by atoms with Gasteiger partial charge in [0.1, 0.15) is 11.5 Å². The lowest BCUT2D eigenvalue weighted by Gasteiger charge is -2.13. The maximum atomic E-state index is 6.03. The second-order valence-corrected chi connectivity index (χ2v) is 6.91. The van der Waals surface area contributed by atoms with Crippen molar-refractivity contribution in [3.05, 3.63) is 56.5 Å². The normalized spacial score (nSPS) is 12.2. The minimum atomic E-state index is 0.219. The third-order valence-electron chi connectivity index (χ3n) is 3.44. The number of aryl methyl sites for hydroxylation is 1. The van der Waals surface area contributed by atoms with Crippen LogP contribution in [0.15, 0.2) is 45.3 Å². The molecule has 2 aromatic rings. The summed E-state index contributed by atoms with van der Waals surface area (Å²) in [6.07, 6.45) is 1.90. The SMILES string of the molecule is CCC(N)Cc1ccc(Oc2ccc(Br)cc2Br)cc1C. The van der Waals surface area contributed by atoms with Crippen molar-refractivity contribution in [3.63, 3.8) is 0 Å². The fourth-order valence-corrected chi connectivity index (χ4v) is 3.20. The standard InChI is InChI=1S/C17H19Br2NO/c1-3-14(20)9-12-4-6-15(8-11(12)2)21-17-7-5-13(18)10-16(17)19/h4-8,10,14H,3,9,20H2,1-2H3. The van der Waals surface area contributed by atoms with Crippen LogP contribution in [0.5, 0.6) is 11.5 Å². The van der Waals surface area contributed by atoms with E-state index in [0.717, 1.165) is 33.3 Å². The summed E-state index contributed by atoms with van der Waals surface area (Å²) in [5, 5.41) is 0. The number of hydrogen-bond acceptors (Lipinski definition) is 2. The lowest BCUT2D eigenvalue weighted by molar-refractivity contribution is 0.478. The van der Waals surface area contributed by atoms with E-state index >= 15 is 0 Å². The van der Waals surface area contributed by atoms with E-state index in [0.29, 0.717) is 0 Å². The van der Waals surface area contributed by atoms with Gasteiger partial charge in [-0.05, 0) is 77.2 Å². The summed E-state index contributed by atoms with van der Waals surface area (Å²) in [5.74, 6) is 1.64. The van der Waals surface area contributed by atoms with E-state index in [-0.39, 0.29) is 6.04 Å². The Morgan fingerprint density at radius 2 is 1.90 bits per heavy atom. The molecule has 0 aliphatic rings. The Balaban J connectivity index is 2.16. The zero-order valence-corrected chi connectivity index (χ0v) is 15.4. The van der Waals surface area contributed by atoms with E-state index in [9.17, 15) is 0 Å². The Morgan fingerprint density at radius 3 is 2.52 bits per heavy atom. The van der Waals surface area contributed by atoms with Crippen LogP contribution < -0.4 is 10.5 Å². The number of benzene rings is 2. The number of hydrogen-bond donors (Lipinski definition) is 1. The highest BCUT2D eigenvalue weighted by atomic mass is 79.9. The van der Waals surface area contributed by atoms with E-state index in [4.69, 9.17) is 10.5 Å². The summed E-state index contributed by atoms with van der Waals surface area (Å²) in [7, 11) is 0. The molecule has 0 amide bonds. The van der Waals surface area contributed by atoms with Crippen LogP contribution in [-0.4, -0.2) is 6.04 Å². The first-order valence-corrected chi connectivity index (χ1v) is 8.56. The fourth-order valence-electron chi connectivity index (χ4n) is 2.07. The lowest BCUT2D eigenvalue weighted by Crippen LogP contribution is -2.21. The smallest absolute Gasteiger partial charge is 0.141 e. The predicted molar refractivity (Wildman–Crippen MR) is 95.1 cm³/mol. The summed E-state index contributed by atoms with van der Waals surface area (Å²) >= 11 is 6.94. The molecular weight excluding hydrogens is 394 g/mol. The van der Waals surface area contributed by atoms with Gasteiger partial charge in [0.25, 0.3) is 0 Å². The molecule has 0 spiro atoms. The molecule has 0 aromatic heterocycles. The fraction of sp³-hybridized carbons (Fsp3) is 0.294. The molecule has 0 radical (unpaired) electrons. The number of halogens is 2. The van der Waals surface area contributed by atoms with E-state index in [1.807, 2.05) is 24.3 Å². The van der Waals surface area contributed by atoms with Crippen LogP contribution in [0, 0.1) is 6.92 Å². The molecule has 2 rings (SSSR count). The molecule has 0 saturated carbocycles. The van der Waals surface area contributed by atoms with Crippen molar-refractivity contribution in [2.45, 2.75) is 32.7 Å². The van der Waals surface area contributed by atoms with Crippen molar-refractivity contribution in [1.29, 1.82) is 0 Å². The minimum Gasteiger partial charge on any atom is -0.456 e. The van der Waals surface area contributed by atoms with Gasteiger partial charge in [-0.1, -0.05) is 28.9 Å². The Morgan fingerprint density at radius 1 is 1.14 bits per heavy atom. The van der Waals surface area contributed by atoms with Crippen molar-refractivity contribution in [2.24, 2.45) is 5.73 Å². The van der Waals surface area contributed by atoms with Gasteiger partial charge in [-0.3, -0.25) is 0 Å². The molecule has 0 aliphatic heterocycles. The average Bonchev–Trinajstić information content (AvgIpc) is 2.44. The van der Waals surface area contributed by atoms with Crippen LogP contribution in [0.1, 0.15) is 24.5 Å². The van der Waals surface area contributed by atoms with E-state index < -0.39 is 0 Å². The first-order chi connectivity index (χ1) is 9.99. The van der Waals surface area contributed by atoms with Crippen molar-refractivity contribution in [3.8, 4) is 11.5 Å². The Hall–Kier alpha value is -0.840. The molecule has 0 fully saturated rings. The zero-order valence-electron chi connectivity index (χ0n) is 12.2. The monoisotopic (exact) mass is 411 g/mol. The van der Waals surface area contributed by atoms with Gasteiger partial charge in [0.05, 0.1) is 4.47 Å². The molecule has 112 valence electrons. The van der Waals surface area contributed by atoms with Gasteiger partial charge in [-0.25, -0.2) is 0 Å². The van der Waals surface area contributed by atoms with Gasteiger partial charge < -0.3 is 10.5 Å². The molecule has 2 aromatic carbocycles. The lowest BCUT2D eigenvalue weighted by atomic mass is 10.00. The molecule has 0 aliphatic carbocycles. The highest BCUT2D eigenvalue weighted by Crippen LogP contribution is 2.32. The van der Waals surface area contributed by atoms with Crippen molar-refractivity contribution in [2.75, 3.05) is 0 Å². The molecule has 0 bridgehead atoms. The Bertz CT molecular complexity index is 628. The molecule has 4 heteroatoms. The first-order valence-electron chi connectivity index (χ1n) is 6.97. The quantitative estimate of drug-likeness (QED) is 0.694. The summed E-state index contributed by atoms with van der Waals surface area (Å²) in [6, 6.07) is 12.2. The Kier molecular flexibility index (Phi) is 5.85. The third kappa shape index (κ3) is 4.56. The van der Waals surface area contributed by atoms with Crippen LogP contribution in [0.25, 0.3) is 0 Å². The molecule has 21 heavy (non-hydrogen) atoms. The maximum Gasteiger partial charge on any atom is 0.141 e. The minimum absolute atomic E-state index is 0.219. The third-order valence-corrected chi connectivity index (χ3v) is 4.56. The van der Waals surface area contributed by atoms with Gasteiger partial charge in [-0.2, -0.15) is 0 Å². The van der Waals surface area contributed by atoms with Crippen LogP contribution >= 0.6 is 31.9 Å². The molecule has 1 atom stereocenters. The molecule has 2 N–H and O–H groups in total. The van der Waals surface area contributed by atoms with Crippen LogP contribution in [-0.2, 0) is 6.42 Å². The predicted octanol–water partition coefficient (Wildman–Crippen LogP) is 5.59. The second kappa shape index (κ2) is 7.43. The van der Waals surface area contributed by atoms with Crippen LogP contribution in [0.3, 0.4) is 0 Å². The number of rotatable bonds is 5. The first kappa shape index (κ1) is 16.5. The number of nitrogens with two attached hydrogens (primary N) is 1. The van der Waals surface area contributed by atoms with Crippen molar-refractivity contribution < 1.29 is 4.74 Å². The average molecular weight is 413 g/mol. The summed E-state index contributed by atoms with van der Waals surface area (Å²) in [4.78, 5) is 0.